The summed E-state index contributed by atoms with van der Waals surface area (Å²) < 4.78 is 0. The molecular weight excluding hydrogens is 160 g/mol. The monoisotopic (exact) mass is 175 g/mol. The van der Waals surface area contributed by atoms with E-state index >= 15 is 0 Å². The van der Waals surface area contributed by atoms with E-state index in [0.29, 0.717) is 6.04 Å². The van der Waals surface area contributed by atoms with Crippen LogP contribution in [0.5, 0.6) is 0 Å². The smallest absolute Gasteiger partial charge is 0.0486 e. The van der Waals surface area contributed by atoms with Crippen LogP contribution in [-0.2, 0) is 0 Å². The van der Waals surface area contributed by atoms with E-state index in [1.54, 1.807) is 0 Å². The van der Waals surface area contributed by atoms with E-state index in [1.165, 1.54) is 5.56 Å². The van der Waals surface area contributed by atoms with Crippen LogP contribution in [0.15, 0.2) is 30.3 Å². The van der Waals surface area contributed by atoms with E-state index in [1.807, 2.05) is 0 Å². The molecule has 1 fully saturated rings. The molecule has 1 atom stereocenters. The molecule has 0 unspecified atom stereocenters. The lowest BCUT2D eigenvalue weighted by molar-refractivity contribution is 0.199. The van der Waals surface area contributed by atoms with Gasteiger partial charge >= 0.3 is 0 Å². The largest absolute Gasteiger partial charge is 0.297 e. The van der Waals surface area contributed by atoms with Crippen LogP contribution in [0.4, 0.5) is 0 Å². The molecule has 0 N–H and O–H groups in total. The molecule has 0 aliphatic carbocycles. The molecule has 0 bridgehead atoms. The quantitative estimate of drug-likeness (QED) is 0.628. The van der Waals surface area contributed by atoms with Crippen molar-refractivity contribution in [3.8, 4) is 0 Å². The van der Waals surface area contributed by atoms with Gasteiger partial charge in [0.15, 0.2) is 0 Å². The van der Waals surface area contributed by atoms with Gasteiger partial charge in [-0.3, -0.25) is 4.90 Å². The minimum absolute atomic E-state index is 0.495. The van der Waals surface area contributed by atoms with E-state index in [0.717, 1.165) is 19.6 Å². The molecule has 0 spiro atoms. The molecule has 1 aromatic carbocycles. The van der Waals surface area contributed by atoms with Crippen molar-refractivity contribution in [3.63, 3.8) is 0 Å². The van der Waals surface area contributed by atoms with Crippen LogP contribution in [0.3, 0.4) is 0 Å². The Bertz CT molecular complexity index is 258. The van der Waals surface area contributed by atoms with Crippen LogP contribution in [-0.4, -0.2) is 31.6 Å². The molecule has 2 heteroatoms. The van der Waals surface area contributed by atoms with Crippen molar-refractivity contribution < 1.29 is 0 Å². The molecular formula is C11H15N2. The zero-order chi connectivity index (χ0) is 9.10. The molecule has 0 aromatic heterocycles. The summed E-state index contributed by atoms with van der Waals surface area (Å²) in [6, 6.07) is 11.1. The van der Waals surface area contributed by atoms with Gasteiger partial charge in [-0.25, -0.2) is 5.32 Å². The highest BCUT2D eigenvalue weighted by Gasteiger charge is 2.20. The summed E-state index contributed by atoms with van der Waals surface area (Å²) in [5.74, 6) is 0. The molecule has 1 aromatic rings. The summed E-state index contributed by atoms with van der Waals surface area (Å²) >= 11 is 0. The van der Waals surface area contributed by atoms with Gasteiger partial charge in [-0.2, -0.15) is 0 Å². The average molecular weight is 175 g/mol. The zero-order valence-corrected chi connectivity index (χ0v) is 7.98. The van der Waals surface area contributed by atoms with E-state index in [2.05, 4.69) is 47.6 Å². The number of piperazine rings is 1. The van der Waals surface area contributed by atoms with Crippen molar-refractivity contribution in [2.24, 2.45) is 0 Å². The summed E-state index contributed by atoms with van der Waals surface area (Å²) in [6.45, 7) is 3.01. The number of likely N-dealkylation sites (N-methyl/N-ethyl adjacent to an activating group) is 1. The van der Waals surface area contributed by atoms with Crippen LogP contribution in [0.25, 0.3) is 0 Å². The highest BCUT2D eigenvalue weighted by Crippen LogP contribution is 2.20. The summed E-state index contributed by atoms with van der Waals surface area (Å²) in [5, 5.41) is 4.44. The van der Waals surface area contributed by atoms with E-state index in [9.17, 15) is 0 Å². The van der Waals surface area contributed by atoms with Crippen LogP contribution >= 0.6 is 0 Å². The molecule has 1 aliphatic heterocycles. The van der Waals surface area contributed by atoms with Crippen LogP contribution in [0.1, 0.15) is 11.6 Å². The Kier molecular flexibility index (Phi) is 2.62. The molecule has 1 saturated heterocycles. The van der Waals surface area contributed by atoms with Gasteiger partial charge in [0.25, 0.3) is 0 Å². The van der Waals surface area contributed by atoms with Crippen molar-refractivity contribution in [2.45, 2.75) is 6.04 Å². The molecule has 0 saturated carbocycles. The Morgan fingerprint density at radius 2 is 2.08 bits per heavy atom. The molecule has 1 heterocycles. The van der Waals surface area contributed by atoms with E-state index < -0.39 is 0 Å². The lowest BCUT2D eigenvalue weighted by atomic mass is 10.0. The van der Waals surface area contributed by atoms with Gasteiger partial charge in [0.2, 0.25) is 0 Å². The van der Waals surface area contributed by atoms with E-state index in [4.69, 9.17) is 0 Å². The van der Waals surface area contributed by atoms with Gasteiger partial charge in [0.05, 0.1) is 0 Å². The second-order valence-electron chi connectivity index (χ2n) is 3.54. The fourth-order valence-electron chi connectivity index (χ4n) is 1.77. The van der Waals surface area contributed by atoms with Crippen molar-refractivity contribution in [2.75, 3.05) is 26.7 Å². The Hall–Kier alpha value is -0.860. The first-order chi connectivity index (χ1) is 6.38. The third kappa shape index (κ3) is 1.90. The van der Waals surface area contributed by atoms with Gasteiger partial charge in [-0.05, 0) is 12.6 Å². The average Bonchev–Trinajstić information content (AvgIpc) is 2.20. The molecule has 2 nitrogen and oxygen atoms in total. The second-order valence-corrected chi connectivity index (χ2v) is 3.54. The maximum Gasteiger partial charge on any atom is 0.0486 e. The Morgan fingerprint density at radius 3 is 2.77 bits per heavy atom. The minimum atomic E-state index is 0.495. The van der Waals surface area contributed by atoms with Crippen molar-refractivity contribution in [3.05, 3.63) is 35.9 Å². The third-order valence-corrected chi connectivity index (χ3v) is 2.63. The Balaban J connectivity index is 2.15. The summed E-state index contributed by atoms with van der Waals surface area (Å²) in [5.41, 5.74) is 1.38. The predicted molar refractivity (Wildman–Crippen MR) is 53.7 cm³/mol. The van der Waals surface area contributed by atoms with Gasteiger partial charge in [0.1, 0.15) is 0 Å². The van der Waals surface area contributed by atoms with Gasteiger partial charge in [-0.1, -0.05) is 30.3 Å². The third-order valence-electron chi connectivity index (χ3n) is 2.63. The van der Waals surface area contributed by atoms with Crippen LogP contribution < -0.4 is 5.32 Å². The maximum atomic E-state index is 4.44. The number of benzene rings is 1. The van der Waals surface area contributed by atoms with Gasteiger partial charge in [-0.15, -0.1) is 0 Å². The summed E-state index contributed by atoms with van der Waals surface area (Å²) in [6.07, 6.45) is 0. The summed E-state index contributed by atoms with van der Waals surface area (Å²) in [7, 11) is 2.17. The lowest BCUT2D eigenvalue weighted by Crippen LogP contribution is -2.40. The highest BCUT2D eigenvalue weighted by molar-refractivity contribution is 5.19. The fraction of sp³-hybridized carbons (Fsp3) is 0.455. The number of rotatable bonds is 1. The number of hydrogen-bond donors (Lipinski definition) is 0. The van der Waals surface area contributed by atoms with Crippen molar-refractivity contribution >= 4 is 0 Å². The van der Waals surface area contributed by atoms with Crippen molar-refractivity contribution in [1.82, 2.24) is 10.2 Å². The second kappa shape index (κ2) is 3.90. The molecule has 1 radical (unpaired) electrons. The van der Waals surface area contributed by atoms with E-state index in [-0.39, 0.29) is 0 Å². The zero-order valence-electron chi connectivity index (χ0n) is 7.98. The molecule has 2 rings (SSSR count). The Morgan fingerprint density at radius 1 is 1.31 bits per heavy atom. The number of hydrogen-bond acceptors (Lipinski definition) is 1. The first-order valence-corrected chi connectivity index (χ1v) is 4.76. The van der Waals surface area contributed by atoms with Gasteiger partial charge < -0.3 is 0 Å². The molecule has 0 amide bonds. The van der Waals surface area contributed by atoms with Gasteiger partial charge in [0, 0.05) is 25.7 Å². The normalized spacial score (nSPS) is 24.5. The standard InChI is InChI=1S/C11H15N2/c1-13-8-7-12-9-11(13)10-5-3-2-4-6-10/h2-6,11H,7-9H2,1H3/t11-/m1/s1. The van der Waals surface area contributed by atoms with Crippen LogP contribution in [0.2, 0.25) is 0 Å². The summed E-state index contributed by atoms with van der Waals surface area (Å²) in [4.78, 5) is 2.38. The van der Waals surface area contributed by atoms with Crippen LogP contribution in [0, 0.1) is 0 Å². The SMILES string of the molecule is CN1CC[N]C[C@@H]1c1ccccc1. The molecule has 69 valence electrons. The first kappa shape index (κ1) is 8.73. The first-order valence-electron chi connectivity index (χ1n) is 4.76. The fourth-order valence-corrected chi connectivity index (χ4v) is 1.77. The topological polar surface area (TPSA) is 17.3 Å². The highest BCUT2D eigenvalue weighted by atomic mass is 15.2. The number of nitrogens with zero attached hydrogens (tertiary/aromatic N) is 2. The van der Waals surface area contributed by atoms with Crippen molar-refractivity contribution in [1.29, 1.82) is 0 Å². The molecule has 1 aliphatic rings. The predicted octanol–water partition coefficient (Wildman–Crippen LogP) is 1.28. The maximum absolute atomic E-state index is 4.44. The Labute approximate surface area is 79.6 Å². The minimum Gasteiger partial charge on any atom is -0.297 e. The molecule has 13 heavy (non-hydrogen) atoms. The lowest BCUT2D eigenvalue weighted by Gasteiger charge is -2.32.